The number of aromatic nitrogens is 4. The standard InChI is InChI=1S/C20H21NO3.C20H19NO3.C19H20N2O3.C19H22N2O/c2*1-3-24-20(22)13-17(14-7-5-4-6-8-14)15-11-18-16(9-10-21-18)19(12-15)23-2;1-20-24-19(22)12-16(13-6-4-3-5-7-13)14-10-17-15(8-9-21-17)18(11-14)23-2;1-20-10-8-16(14-6-4-3-5-7-14)15-12-18-17(9-11-21-18)19(13-15)22-2/h4-12,17,21H,3,13H2,1-2H3;4-13,21H,3H2,1-2H3;3-11,16,20-21H,12H2,1-2H3;3-7,9,11-13,16,20-21H,8,10H2,1-2H3/b;17-13+;;. The monoisotopic (exact) mass is 1260 g/mol. The van der Waals surface area contributed by atoms with E-state index in [2.05, 4.69) is 91.4 Å². The van der Waals surface area contributed by atoms with E-state index in [0.717, 1.165) is 119 Å². The summed E-state index contributed by atoms with van der Waals surface area (Å²) in [5, 5.41) is 7.45. The van der Waals surface area contributed by atoms with Gasteiger partial charge in [0, 0.05) is 99.3 Å². The Balaban J connectivity index is 0.000000148. The van der Waals surface area contributed by atoms with Crippen molar-refractivity contribution in [2.45, 2.75) is 50.9 Å². The van der Waals surface area contributed by atoms with Crippen LogP contribution in [0.3, 0.4) is 0 Å². The highest BCUT2D eigenvalue weighted by atomic mass is 16.7. The van der Waals surface area contributed by atoms with Gasteiger partial charge in [-0.15, -0.1) is 0 Å². The number of nitrogens with one attached hydrogen (secondary N) is 6. The maximum atomic E-state index is 12.1. The van der Waals surface area contributed by atoms with E-state index in [0.29, 0.717) is 25.6 Å². The molecule has 6 N–H and O–H groups in total. The number of ether oxygens (including phenoxy) is 6. The highest BCUT2D eigenvalue weighted by Gasteiger charge is 2.24. The normalized spacial score (nSPS) is 12.0. The quantitative estimate of drug-likeness (QED) is 0.0153. The number of methoxy groups -OCH3 is 4. The number of benzene rings is 8. The zero-order chi connectivity index (χ0) is 66.2. The van der Waals surface area contributed by atoms with Gasteiger partial charge in [0.1, 0.15) is 23.0 Å². The van der Waals surface area contributed by atoms with E-state index in [1.807, 2.05) is 172 Å². The van der Waals surface area contributed by atoms with Gasteiger partial charge in [-0.1, -0.05) is 121 Å². The van der Waals surface area contributed by atoms with Crippen molar-refractivity contribution in [3.63, 3.8) is 0 Å². The summed E-state index contributed by atoms with van der Waals surface area (Å²) >= 11 is 0. The average molecular weight is 1260 g/mol. The fraction of sp³-hybridized carbons (Fsp3) is 0.218. The second kappa shape index (κ2) is 34.0. The molecule has 0 bridgehead atoms. The number of hydrogen-bond donors (Lipinski definition) is 6. The SMILES string of the molecule is CCOC(=O)/C=C(\c1ccccc1)c1cc(OC)c2cc[nH]c2c1.CCOC(=O)CC(c1ccccc1)c1cc(OC)c2cc[nH]c2c1.CNCCC(c1ccccc1)c1cc(OC)c2cc[nH]c2c1.CNOC(=O)CC(c1ccccc1)c1cc(OC)c2cc[nH]c2c1. The average Bonchev–Trinajstić information content (AvgIpc) is 1.46. The molecule has 0 spiro atoms. The lowest BCUT2D eigenvalue weighted by Gasteiger charge is -2.19. The van der Waals surface area contributed by atoms with Crippen molar-refractivity contribution >= 4 is 67.1 Å². The van der Waals surface area contributed by atoms with Crippen molar-refractivity contribution in [1.29, 1.82) is 0 Å². The Morgan fingerprint density at radius 3 is 1.18 bits per heavy atom. The predicted molar refractivity (Wildman–Crippen MR) is 374 cm³/mol. The van der Waals surface area contributed by atoms with E-state index in [1.54, 1.807) is 42.4 Å². The Morgan fingerprint density at radius 2 is 0.787 bits per heavy atom. The van der Waals surface area contributed by atoms with Crippen LogP contribution in [0.4, 0.5) is 0 Å². The molecule has 0 radical (unpaired) electrons. The molecule has 0 fully saturated rings. The summed E-state index contributed by atoms with van der Waals surface area (Å²) in [5.41, 5.74) is 15.9. The molecule has 16 nitrogen and oxygen atoms in total. The highest BCUT2D eigenvalue weighted by Crippen LogP contribution is 2.39. The topological polar surface area (TPSA) is 203 Å². The number of carbonyl (C=O) groups excluding carboxylic acids is 3. The van der Waals surface area contributed by atoms with E-state index in [-0.39, 0.29) is 36.2 Å². The summed E-state index contributed by atoms with van der Waals surface area (Å²) in [4.78, 5) is 54.0. The lowest BCUT2D eigenvalue weighted by molar-refractivity contribution is -0.150. The summed E-state index contributed by atoms with van der Waals surface area (Å²) < 4.78 is 32.4. The minimum Gasteiger partial charge on any atom is -0.496 e. The minimum absolute atomic E-state index is 0.0770. The first kappa shape index (κ1) is 67.6. The third-order valence-corrected chi connectivity index (χ3v) is 16.2. The van der Waals surface area contributed by atoms with Gasteiger partial charge < -0.3 is 58.5 Å². The summed E-state index contributed by atoms with van der Waals surface area (Å²) in [5.74, 6) is 2.57. The van der Waals surface area contributed by atoms with Gasteiger partial charge in [0.05, 0.1) is 54.5 Å². The van der Waals surface area contributed by atoms with Crippen LogP contribution in [0, 0.1) is 0 Å². The van der Waals surface area contributed by atoms with E-state index in [9.17, 15) is 14.4 Å². The van der Waals surface area contributed by atoms with Gasteiger partial charge in [-0.05, 0) is 157 Å². The van der Waals surface area contributed by atoms with Crippen LogP contribution in [0.5, 0.6) is 23.0 Å². The highest BCUT2D eigenvalue weighted by molar-refractivity contribution is 5.99. The Bertz CT molecular complexity index is 4250. The van der Waals surface area contributed by atoms with E-state index in [1.165, 1.54) is 17.2 Å². The molecule has 484 valence electrons. The fourth-order valence-corrected chi connectivity index (χ4v) is 11.7. The van der Waals surface area contributed by atoms with Gasteiger partial charge in [-0.25, -0.2) is 4.79 Å². The first-order valence-electron chi connectivity index (χ1n) is 31.4. The summed E-state index contributed by atoms with van der Waals surface area (Å²) in [6.45, 7) is 5.33. The van der Waals surface area contributed by atoms with E-state index >= 15 is 0 Å². The van der Waals surface area contributed by atoms with Crippen molar-refractivity contribution in [3.8, 4) is 23.0 Å². The fourth-order valence-electron chi connectivity index (χ4n) is 11.7. The smallest absolute Gasteiger partial charge is 0.331 e. The number of H-pyrrole nitrogens is 4. The van der Waals surface area contributed by atoms with E-state index < -0.39 is 0 Å². The molecular formula is C78H82N6O10. The molecule has 8 aromatic carbocycles. The number of carbonyl (C=O) groups is 3. The first-order valence-corrected chi connectivity index (χ1v) is 31.4. The van der Waals surface area contributed by atoms with Crippen molar-refractivity contribution in [3.05, 3.63) is 269 Å². The van der Waals surface area contributed by atoms with Crippen LogP contribution in [-0.2, 0) is 28.7 Å². The van der Waals surface area contributed by atoms with E-state index in [4.69, 9.17) is 33.3 Å². The second-order valence-electron chi connectivity index (χ2n) is 22.0. The summed E-state index contributed by atoms with van der Waals surface area (Å²) in [6.07, 6.45) is 10.7. The zero-order valence-electron chi connectivity index (χ0n) is 54.4. The summed E-state index contributed by atoms with van der Waals surface area (Å²) in [6, 6.07) is 64.9. The Hall–Kier alpha value is -10.8. The van der Waals surface area contributed by atoms with Crippen LogP contribution in [0.25, 0.3) is 49.2 Å². The lowest BCUT2D eigenvalue weighted by atomic mass is 9.88. The van der Waals surface area contributed by atoms with Gasteiger partial charge in [-0.2, -0.15) is 5.48 Å². The van der Waals surface area contributed by atoms with Crippen LogP contribution in [-0.4, -0.2) is 100 Å². The van der Waals surface area contributed by atoms with Gasteiger partial charge >= 0.3 is 17.9 Å². The predicted octanol–water partition coefficient (Wildman–Crippen LogP) is 15.7. The number of esters is 2. The molecule has 12 aromatic rings. The van der Waals surface area contributed by atoms with Crippen molar-refractivity contribution in [1.82, 2.24) is 30.7 Å². The zero-order valence-corrected chi connectivity index (χ0v) is 54.4. The van der Waals surface area contributed by atoms with Crippen molar-refractivity contribution < 1.29 is 47.6 Å². The second-order valence-corrected chi connectivity index (χ2v) is 22.0. The van der Waals surface area contributed by atoms with Crippen molar-refractivity contribution in [2.24, 2.45) is 0 Å². The van der Waals surface area contributed by atoms with Crippen LogP contribution in [0.2, 0.25) is 0 Å². The number of hydrogen-bond acceptors (Lipinski definition) is 12. The number of hydroxylamine groups is 1. The molecule has 4 heterocycles. The third kappa shape index (κ3) is 17.2. The molecule has 3 unspecified atom stereocenters. The van der Waals surface area contributed by atoms with Crippen LogP contribution in [0.15, 0.2) is 225 Å². The Kier molecular flexibility index (Phi) is 24.5. The number of aromatic amines is 4. The summed E-state index contributed by atoms with van der Waals surface area (Å²) in [7, 11) is 10.3. The van der Waals surface area contributed by atoms with Crippen LogP contribution in [0.1, 0.15) is 95.4 Å². The Morgan fingerprint density at radius 1 is 0.415 bits per heavy atom. The molecule has 4 aromatic heterocycles. The first-order chi connectivity index (χ1) is 46.0. The molecule has 0 amide bonds. The number of fused-ring (bicyclic) bond motifs is 4. The Labute approximate surface area is 548 Å². The molecule has 94 heavy (non-hydrogen) atoms. The number of rotatable bonds is 23. The van der Waals surface area contributed by atoms with Crippen molar-refractivity contribution in [2.75, 3.05) is 62.3 Å². The molecule has 0 aliphatic carbocycles. The molecule has 0 saturated heterocycles. The van der Waals surface area contributed by atoms with Crippen LogP contribution < -0.4 is 29.7 Å². The third-order valence-electron chi connectivity index (χ3n) is 16.2. The molecule has 0 aliphatic rings. The molecule has 0 saturated carbocycles. The lowest BCUT2D eigenvalue weighted by Crippen LogP contribution is -2.18. The largest absolute Gasteiger partial charge is 0.496 e. The molecule has 0 aliphatic heterocycles. The van der Waals surface area contributed by atoms with Gasteiger partial charge in [-0.3, -0.25) is 9.59 Å². The minimum atomic E-state index is -0.359. The molecule has 3 atom stereocenters. The van der Waals surface area contributed by atoms with Crippen LogP contribution >= 0.6 is 0 Å². The van der Waals surface area contributed by atoms with Gasteiger partial charge in [0.2, 0.25) is 0 Å². The molecule has 12 rings (SSSR count). The molecular weight excluding hydrogens is 1180 g/mol. The van der Waals surface area contributed by atoms with Gasteiger partial charge in [0.15, 0.2) is 0 Å². The maximum absolute atomic E-state index is 12.1. The van der Waals surface area contributed by atoms with Gasteiger partial charge in [0.25, 0.3) is 0 Å². The molecule has 16 heteroatoms. The maximum Gasteiger partial charge on any atom is 0.331 e.